The predicted molar refractivity (Wildman–Crippen MR) is 99.3 cm³/mol. The number of anilines is 2. The van der Waals surface area contributed by atoms with Gasteiger partial charge in [0.15, 0.2) is 0 Å². The summed E-state index contributed by atoms with van der Waals surface area (Å²) in [6.07, 6.45) is 4.42. The summed E-state index contributed by atoms with van der Waals surface area (Å²) in [6, 6.07) is 4.99. The molecule has 4 atom stereocenters. The molecule has 2 fully saturated rings. The molecule has 28 heavy (non-hydrogen) atoms. The fourth-order valence-electron chi connectivity index (χ4n) is 4.62. The minimum atomic E-state index is -1.20. The van der Waals surface area contributed by atoms with E-state index in [4.69, 9.17) is 10.5 Å². The van der Waals surface area contributed by atoms with Crippen LogP contribution in [0.2, 0.25) is 0 Å². The van der Waals surface area contributed by atoms with Gasteiger partial charge in [0.1, 0.15) is 0 Å². The van der Waals surface area contributed by atoms with Crippen LogP contribution >= 0.6 is 0 Å². The van der Waals surface area contributed by atoms with Crippen LogP contribution in [0.5, 0.6) is 0 Å². The summed E-state index contributed by atoms with van der Waals surface area (Å²) < 4.78 is 5.33. The van der Waals surface area contributed by atoms with E-state index in [1.165, 1.54) is 0 Å². The molecule has 3 N–H and O–H groups in total. The van der Waals surface area contributed by atoms with Crippen LogP contribution in [0, 0.1) is 23.7 Å². The van der Waals surface area contributed by atoms with Gasteiger partial charge < -0.3 is 30.6 Å². The van der Waals surface area contributed by atoms with Crippen molar-refractivity contribution in [2.45, 2.75) is 6.42 Å². The van der Waals surface area contributed by atoms with Crippen LogP contribution < -0.4 is 21.1 Å². The van der Waals surface area contributed by atoms with Gasteiger partial charge in [0, 0.05) is 36.4 Å². The van der Waals surface area contributed by atoms with Crippen molar-refractivity contribution in [2.24, 2.45) is 29.4 Å². The third kappa shape index (κ3) is 3.24. The molecule has 0 aromatic heterocycles. The first-order valence-electron chi connectivity index (χ1n) is 9.42. The summed E-state index contributed by atoms with van der Waals surface area (Å²) in [7, 11) is 0. The molecule has 1 aliphatic heterocycles. The van der Waals surface area contributed by atoms with E-state index in [0.717, 1.165) is 0 Å². The number of hydrogen-bond acceptors (Lipinski definition) is 6. The number of fused-ring (bicyclic) bond motifs is 2. The van der Waals surface area contributed by atoms with Gasteiger partial charge in [-0.2, -0.15) is 0 Å². The Morgan fingerprint density at radius 2 is 1.79 bits per heavy atom. The van der Waals surface area contributed by atoms with Crippen LogP contribution in [0.15, 0.2) is 30.4 Å². The fourth-order valence-corrected chi connectivity index (χ4v) is 4.62. The van der Waals surface area contributed by atoms with Crippen molar-refractivity contribution < 1.29 is 24.2 Å². The highest BCUT2D eigenvalue weighted by molar-refractivity contribution is 6.02. The van der Waals surface area contributed by atoms with Gasteiger partial charge in [-0.25, -0.2) is 0 Å². The van der Waals surface area contributed by atoms with Crippen molar-refractivity contribution in [3.8, 4) is 0 Å². The highest BCUT2D eigenvalue weighted by Crippen LogP contribution is 2.48. The molecule has 1 saturated heterocycles. The van der Waals surface area contributed by atoms with E-state index in [-0.39, 0.29) is 17.7 Å². The molecule has 4 rings (SSSR count). The fraction of sp³-hybridized carbons (Fsp3) is 0.450. The lowest BCUT2D eigenvalue weighted by molar-refractivity contribution is -0.313. The Balaban J connectivity index is 1.55. The number of nitrogens with two attached hydrogens (primary N) is 1. The second-order valence-electron chi connectivity index (χ2n) is 7.50. The number of nitrogens with zero attached hydrogens (tertiary/aromatic N) is 1. The summed E-state index contributed by atoms with van der Waals surface area (Å²) in [5.41, 5.74) is 6.97. The normalized spacial score (nSPS) is 28.4. The number of ether oxygens (including phenoxy) is 1. The summed E-state index contributed by atoms with van der Waals surface area (Å²) in [4.78, 5) is 38.3. The average molecular weight is 384 g/mol. The molecule has 1 heterocycles. The smallest absolute Gasteiger partial charge is 0.250 e. The molecular weight excluding hydrogens is 362 g/mol. The lowest BCUT2D eigenvalue weighted by atomic mass is 9.82. The molecule has 8 nitrogen and oxygen atoms in total. The maximum Gasteiger partial charge on any atom is 0.250 e. The first-order chi connectivity index (χ1) is 13.5. The highest BCUT2D eigenvalue weighted by atomic mass is 16.5. The third-order valence-corrected chi connectivity index (χ3v) is 5.92. The number of carboxylic acid groups (broad SMARTS) is 1. The molecule has 0 radical (unpaired) electrons. The first-order valence-corrected chi connectivity index (χ1v) is 9.42. The second-order valence-corrected chi connectivity index (χ2v) is 7.50. The number of primary amides is 1. The zero-order valence-electron chi connectivity index (χ0n) is 15.3. The Hall–Kier alpha value is -2.87. The van der Waals surface area contributed by atoms with Crippen LogP contribution in [0.3, 0.4) is 0 Å². The van der Waals surface area contributed by atoms with Gasteiger partial charge >= 0.3 is 0 Å². The number of carboxylic acids is 1. The number of morpholine rings is 1. The Kier molecular flexibility index (Phi) is 4.80. The molecule has 8 heteroatoms. The van der Waals surface area contributed by atoms with Crippen molar-refractivity contribution in [1.29, 1.82) is 0 Å². The average Bonchev–Trinajstić information content (AvgIpc) is 3.30. The topological polar surface area (TPSA) is 125 Å². The van der Waals surface area contributed by atoms with Gasteiger partial charge in [-0.1, -0.05) is 12.2 Å². The van der Waals surface area contributed by atoms with Crippen molar-refractivity contribution in [1.82, 2.24) is 0 Å². The van der Waals surface area contributed by atoms with Crippen molar-refractivity contribution in [3.63, 3.8) is 0 Å². The minimum Gasteiger partial charge on any atom is -0.550 e. The molecule has 1 aromatic rings. The lowest BCUT2D eigenvalue weighted by Gasteiger charge is -2.30. The van der Waals surface area contributed by atoms with Crippen LogP contribution in [0.4, 0.5) is 11.4 Å². The predicted octanol–water partition coefficient (Wildman–Crippen LogP) is -0.251. The monoisotopic (exact) mass is 384 g/mol. The molecule has 0 unspecified atom stereocenters. The minimum absolute atomic E-state index is 0.101. The SMILES string of the molecule is NC(=O)c1cc(NC(=O)[C@H]2[C@@H](C(=O)[O-])[C@H]3C=C[C@@H]2C3)ccc1N1CCOCC1. The number of amides is 2. The van der Waals surface area contributed by atoms with Gasteiger partial charge in [0.25, 0.3) is 5.91 Å². The molecule has 1 saturated carbocycles. The number of carbonyl (C=O) groups excluding carboxylic acids is 3. The molecule has 2 amide bonds. The third-order valence-electron chi connectivity index (χ3n) is 5.92. The zero-order chi connectivity index (χ0) is 19.8. The summed E-state index contributed by atoms with van der Waals surface area (Å²) >= 11 is 0. The number of nitrogens with one attached hydrogen (secondary N) is 1. The van der Waals surface area contributed by atoms with E-state index in [1.54, 1.807) is 18.2 Å². The first kappa shape index (κ1) is 18.5. The van der Waals surface area contributed by atoms with Gasteiger partial charge in [-0.3, -0.25) is 9.59 Å². The second kappa shape index (κ2) is 7.27. The quantitative estimate of drug-likeness (QED) is 0.675. The number of benzene rings is 1. The van der Waals surface area contributed by atoms with Crippen molar-refractivity contribution >= 4 is 29.2 Å². The molecule has 148 valence electrons. The van der Waals surface area contributed by atoms with E-state index in [0.29, 0.717) is 49.7 Å². The van der Waals surface area contributed by atoms with Crippen molar-refractivity contribution in [2.75, 3.05) is 36.5 Å². The van der Waals surface area contributed by atoms with E-state index in [9.17, 15) is 19.5 Å². The maximum absolute atomic E-state index is 12.8. The Morgan fingerprint density at radius 3 is 2.43 bits per heavy atom. The molecule has 2 bridgehead atoms. The zero-order valence-corrected chi connectivity index (χ0v) is 15.3. The Morgan fingerprint density at radius 1 is 1.11 bits per heavy atom. The standard InChI is InChI=1S/C20H23N3O5/c21-18(24)14-10-13(3-4-15(14)23-5-7-28-8-6-23)22-19(25)16-11-1-2-12(9-11)17(16)20(26)27/h1-4,10-12,16-17H,5-9H2,(H2,21,24)(H,22,25)(H,26,27)/p-1/t11-,12+,16-,17+/m1/s1. The summed E-state index contributed by atoms with van der Waals surface area (Å²) in [6.45, 7) is 2.44. The summed E-state index contributed by atoms with van der Waals surface area (Å²) in [5, 5.41) is 14.3. The van der Waals surface area contributed by atoms with Gasteiger partial charge in [-0.15, -0.1) is 0 Å². The number of rotatable bonds is 5. The molecule has 0 spiro atoms. The Bertz CT molecular complexity index is 846. The van der Waals surface area contributed by atoms with E-state index in [1.807, 2.05) is 17.1 Å². The van der Waals surface area contributed by atoms with E-state index < -0.39 is 23.7 Å². The molecule has 2 aliphatic carbocycles. The van der Waals surface area contributed by atoms with Crippen LogP contribution in [0.1, 0.15) is 16.8 Å². The Labute approximate surface area is 162 Å². The number of aliphatic carboxylic acids is 1. The molecule has 1 aromatic carbocycles. The van der Waals surface area contributed by atoms with Crippen LogP contribution in [-0.2, 0) is 14.3 Å². The largest absolute Gasteiger partial charge is 0.550 e. The molecular formula is C20H22N3O5-. The van der Waals surface area contributed by atoms with Gasteiger partial charge in [-0.05, 0) is 36.5 Å². The van der Waals surface area contributed by atoms with Gasteiger partial charge in [0.2, 0.25) is 5.91 Å². The summed E-state index contributed by atoms with van der Waals surface area (Å²) in [5.74, 6) is -3.91. The lowest BCUT2D eigenvalue weighted by Crippen LogP contribution is -2.43. The number of allylic oxidation sites excluding steroid dienone is 2. The van der Waals surface area contributed by atoms with E-state index in [2.05, 4.69) is 5.32 Å². The van der Waals surface area contributed by atoms with E-state index >= 15 is 0 Å². The number of carbonyl (C=O) groups is 3. The highest BCUT2D eigenvalue weighted by Gasteiger charge is 2.48. The number of hydrogen-bond donors (Lipinski definition) is 2. The maximum atomic E-state index is 12.8. The van der Waals surface area contributed by atoms with Crippen LogP contribution in [0.25, 0.3) is 0 Å². The molecule has 3 aliphatic rings. The van der Waals surface area contributed by atoms with Gasteiger partial charge in [0.05, 0.1) is 24.7 Å². The van der Waals surface area contributed by atoms with Crippen LogP contribution in [-0.4, -0.2) is 44.1 Å². The van der Waals surface area contributed by atoms with Crippen molar-refractivity contribution in [3.05, 3.63) is 35.9 Å².